The van der Waals surface area contributed by atoms with Crippen LogP contribution in [0.25, 0.3) is 0 Å². The van der Waals surface area contributed by atoms with Crippen LogP contribution in [-0.2, 0) is 0 Å². The molecule has 0 fully saturated rings. The van der Waals surface area contributed by atoms with Gasteiger partial charge in [0.05, 0.1) is 11.1 Å². The third-order valence-electron chi connectivity index (χ3n) is 3.55. The second-order valence-electron chi connectivity index (χ2n) is 5.48. The molecule has 0 amide bonds. The molecule has 0 saturated carbocycles. The molecule has 0 radical (unpaired) electrons. The summed E-state index contributed by atoms with van der Waals surface area (Å²) in [5, 5.41) is 25.2. The summed E-state index contributed by atoms with van der Waals surface area (Å²) in [4.78, 5) is 20.7. The lowest BCUT2D eigenvalue weighted by molar-refractivity contribution is -0.517. The highest BCUT2D eigenvalue weighted by Gasteiger charge is 2.19. The van der Waals surface area contributed by atoms with Crippen LogP contribution in [0.3, 0.4) is 0 Å². The summed E-state index contributed by atoms with van der Waals surface area (Å²) in [6.45, 7) is 0. The molecule has 0 aliphatic heterocycles. The van der Waals surface area contributed by atoms with Crippen LogP contribution in [0.2, 0.25) is 5.02 Å². The molecule has 2 heterocycles. The van der Waals surface area contributed by atoms with Crippen LogP contribution in [0.1, 0.15) is 11.3 Å². The van der Waals surface area contributed by atoms with Gasteiger partial charge in [-0.05, 0) is 30.3 Å². The van der Waals surface area contributed by atoms with Crippen molar-refractivity contribution in [3.8, 4) is 5.75 Å². The number of H-pyrrole nitrogens is 1. The highest BCUT2D eigenvalue weighted by Crippen LogP contribution is 2.32. The quantitative estimate of drug-likeness (QED) is 0.255. The number of aromatic amines is 1. The van der Waals surface area contributed by atoms with Crippen molar-refractivity contribution < 1.29 is 20.0 Å². The largest absolute Gasteiger partial charge is 0.502 e. The summed E-state index contributed by atoms with van der Waals surface area (Å²) in [5.41, 5.74) is 2.97. The van der Waals surface area contributed by atoms with Crippen LogP contribution in [0, 0.1) is 10.1 Å². The molecule has 0 aliphatic carbocycles. The second-order valence-corrected chi connectivity index (χ2v) is 5.92. The molecule has 0 bridgehead atoms. The number of nitro groups is 1. The van der Waals surface area contributed by atoms with E-state index < -0.39 is 16.4 Å². The normalized spacial score (nSPS) is 11.5. The van der Waals surface area contributed by atoms with Gasteiger partial charge in [-0.1, -0.05) is 22.8 Å². The van der Waals surface area contributed by atoms with Gasteiger partial charge in [0, 0.05) is 28.9 Å². The number of hydrogen-bond acceptors (Lipinski definition) is 5. The summed E-state index contributed by atoms with van der Waals surface area (Å²) in [6.07, 6.45) is 4.61. The third kappa shape index (κ3) is 4.65. The maximum absolute atomic E-state index is 11.0. The second kappa shape index (κ2) is 8.69. The highest BCUT2D eigenvalue weighted by atomic mass is 35.5. The van der Waals surface area contributed by atoms with Crippen molar-refractivity contribution in [3.05, 3.63) is 87.3 Å². The smallest absolute Gasteiger partial charge is 0.384 e. The zero-order valence-corrected chi connectivity index (χ0v) is 15.1. The highest BCUT2D eigenvalue weighted by molar-refractivity contribution is 6.31. The predicted octanol–water partition coefficient (Wildman–Crippen LogP) is 0.945. The standard InChI is InChI=1S/C18H13ClN6O3/c19-13-9-12(17(26)15(10-13)25(27)28)11-22-24-18(14-5-1-3-7-20-14)23-16-6-2-4-8-21-16/h1-11,26H,(H,21,23,24)/p+2/b22-11+. The van der Waals surface area contributed by atoms with Crippen LogP contribution in [0.15, 0.2) is 66.0 Å². The monoisotopic (exact) mass is 398 g/mol. The Morgan fingerprint density at radius 1 is 1.32 bits per heavy atom. The number of nitro benzene ring substituents is 1. The van der Waals surface area contributed by atoms with Gasteiger partial charge in [-0.3, -0.25) is 10.1 Å². The van der Waals surface area contributed by atoms with E-state index in [1.54, 1.807) is 24.5 Å². The minimum Gasteiger partial charge on any atom is -0.502 e. The lowest BCUT2D eigenvalue weighted by atomic mass is 10.2. The van der Waals surface area contributed by atoms with Crippen molar-refractivity contribution in [1.82, 2.24) is 10.4 Å². The van der Waals surface area contributed by atoms with Gasteiger partial charge in [0.2, 0.25) is 5.75 Å². The summed E-state index contributed by atoms with van der Waals surface area (Å²) >= 11 is 5.88. The van der Waals surface area contributed by atoms with Gasteiger partial charge in [-0.25, -0.2) is 9.97 Å². The SMILES string of the molecule is O=[N+]([O-])c1cc(Cl)cc(/C=N/NC(=[NH+]c2cccc[nH+]2)c2ccccn2)c1O. The number of amidine groups is 1. The summed E-state index contributed by atoms with van der Waals surface area (Å²) < 4.78 is 0. The Hall–Kier alpha value is -3.85. The molecule has 0 saturated heterocycles. The molecule has 3 rings (SSSR count). The number of aromatic nitrogens is 2. The lowest BCUT2D eigenvalue weighted by Crippen LogP contribution is -2.72. The molecule has 140 valence electrons. The van der Waals surface area contributed by atoms with E-state index in [4.69, 9.17) is 11.6 Å². The van der Waals surface area contributed by atoms with E-state index in [9.17, 15) is 15.2 Å². The van der Waals surface area contributed by atoms with E-state index in [1.165, 1.54) is 12.3 Å². The Labute approximate surface area is 164 Å². The Balaban J connectivity index is 1.91. The lowest BCUT2D eigenvalue weighted by Gasteiger charge is -2.00. The molecule has 4 N–H and O–H groups in total. The summed E-state index contributed by atoms with van der Waals surface area (Å²) in [6, 6.07) is 13.3. The van der Waals surface area contributed by atoms with Crippen LogP contribution in [0.4, 0.5) is 11.5 Å². The van der Waals surface area contributed by atoms with E-state index in [-0.39, 0.29) is 10.6 Å². The minimum atomic E-state index is -0.718. The molecule has 9 nitrogen and oxygen atoms in total. The van der Waals surface area contributed by atoms with Crippen molar-refractivity contribution in [2.75, 3.05) is 0 Å². The zero-order valence-electron chi connectivity index (χ0n) is 14.3. The maximum atomic E-state index is 11.0. The van der Waals surface area contributed by atoms with Crippen molar-refractivity contribution in [2.24, 2.45) is 5.10 Å². The third-order valence-corrected chi connectivity index (χ3v) is 3.77. The molecule has 0 aliphatic rings. The van der Waals surface area contributed by atoms with Gasteiger partial charge in [-0.15, -0.1) is 5.43 Å². The number of hydrazone groups is 1. The number of phenols is 1. The first-order chi connectivity index (χ1) is 13.5. The molecule has 28 heavy (non-hydrogen) atoms. The van der Waals surface area contributed by atoms with Crippen molar-refractivity contribution in [2.45, 2.75) is 0 Å². The Kier molecular flexibility index (Phi) is 5.87. The molecule has 1 aromatic carbocycles. The Bertz CT molecular complexity index is 1040. The van der Waals surface area contributed by atoms with Crippen LogP contribution >= 0.6 is 11.6 Å². The number of aromatic hydroxyl groups is 1. The van der Waals surface area contributed by atoms with E-state index >= 15 is 0 Å². The molecule has 3 aromatic rings. The molecule has 0 atom stereocenters. The number of halogens is 1. The Morgan fingerprint density at radius 3 is 2.82 bits per heavy atom. The number of nitrogens with zero attached hydrogens (tertiary/aromatic N) is 3. The van der Waals surface area contributed by atoms with Gasteiger partial charge in [0.15, 0.2) is 5.69 Å². The first kappa shape index (κ1) is 18.9. The van der Waals surface area contributed by atoms with Crippen LogP contribution in [0.5, 0.6) is 5.75 Å². The molecule has 2 aromatic heterocycles. The molecule has 0 spiro atoms. The number of pyridine rings is 2. The van der Waals surface area contributed by atoms with E-state index in [0.29, 0.717) is 17.3 Å². The first-order valence-corrected chi connectivity index (χ1v) is 8.40. The van der Waals surface area contributed by atoms with Gasteiger partial charge in [-0.2, -0.15) is 4.99 Å². The van der Waals surface area contributed by atoms with E-state index in [2.05, 4.69) is 25.5 Å². The first-order valence-electron chi connectivity index (χ1n) is 8.02. The number of nitrogens with one attached hydrogen (secondary N) is 3. The fourth-order valence-corrected chi connectivity index (χ4v) is 2.50. The Morgan fingerprint density at radius 2 is 2.14 bits per heavy atom. The van der Waals surface area contributed by atoms with Crippen molar-refractivity contribution in [1.29, 1.82) is 0 Å². The minimum absolute atomic E-state index is 0.0957. The molecular formula is C18H15ClN6O3+2. The predicted molar refractivity (Wildman–Crippen MR) is 102 cm³/mol. The fourth-order valence-electron chi connectivity index (χ4n) is 2.28. The van der Waals surface area contributed by atoms with Gasteiger partial charge in [0.1, 0.15) is 6.20 Å². The van der Waals surface area contributed by atoms with Crippen LogP contribution < -0.4 is 15.4 Å². The van der Waals surface area contributed by atoms with Gasteiger partial charge < -0.3 is 5.11 Å². The number of rotatable bonds is 5. The average molecular weight is 399 g/mol. The van der Waals surface area contributed by atoms with Gasteiger partial charge >= 0.3 is 17.3 Å². The molecule has 10 heteroatoms. The fraction of sp³-hybridized carbons (Fsp3) is 0. The average Bonchev–Trinajstić information content (AvgIpc) is 2.70. The zero-order chi connectivity index (χ0) is 19.9. The van der Waals surface area contributed by atoms with Gasteiger partial charge in [0.25, 0.3) is 0 Å². The van der Waals surface area contributed by atoms with Crippen LogP contribution in [-0.4, -0.2) is 27.1 Å². The molecular weight excluding hydrogens is 384 g/mol. The van der Waals surface area contributed by atoms with Crippen molar-refractivity contribution in [3.63, 3.8) is 0 Å². The van der Waals surface area contributed by atoms with E-state index in [0.717, 1.165) is 6.07 Å². The molecule has 0 unspecified atom stereocenters. The topological polar surface area (TPSA) is 129 Å². The number of phenolic OH excluding ortho intramolecular Hbond substituents is 1. The number of benzene rings is 1. The maximum Gasteiger partial charge on any atom is 0.384 e. The number of hydrogen-bond donors (Lipinski definition) is 3. The summed E-state index contributed by atoms with van der Waals surface area (Å²) in [7, 11) is 0. The van der Waals surface area contributed by atoms with Crippen molar-refractivity contribution >= 4 is 35.2 Å². The summed E-state index contributed by atoms with van der Waals surface area (Å²) in [5.74, 6) is 0.617. The van der Waals surface area contributed by atoms with E-state index in [1.807, 2.05) is 24.3 Å².